The fourth-order valence-electron chi connectivity index (χ4n) is 3.11. The van der Waals surface area contributed by atoms with Crippen molar-refractivity contribution in [2.45, 2.75) is 12.6 Å². The van der Waals surface area contributed by atoms with Gasteiger partial charge in [-0.1, -0.05) is 0 Å². The summed E-state index contributed by atoms with van der Waals surface area (Å²) in [7, 11) is 4.09. The zero-order valence-electron chi connectivity index (χ0n) is 14.9. The summed E-state index contributed by atoms with van der Waals surface area (Å²) in [5, 5.41) is 10.8. The van der Waals surface area contributed by atoms with Crippen LogP contribution in [0.4, 0.5) is 0 Å². The first kappa shape index (κ1) is 16.7. The molecule has 0 fully saturated rings. The maximum Gasteiger partial charge on any atom is 0.231 e. The van der Waals surface area contributed by atoms with Gasteiger partial charge in [0.25, 0.3) is 0 Å². The second-order valence-corrected chi connectivity index (χ2v) is 6.46. The van der Waals surface area contributed by atoms with Crippen LogP contribution in [0.1, 0.15) is 17.4 Å². The Morgan fingerprint density at radius 2 is 2.12 bits per heavy atom. The SMILES string of the molecule is CN(C)C(CNCc1cn[nH]c1-c1ccc2c(c1)OCO2)c1ccco1. The van der Waals surface area contributed by atoms with Crippen molar-refractivity contribution in [3.63, 3.8) is 0 Å². The monoisotopic (exact) mass is 354 g/mol. The summed E-state index contributed by atoms with van der Waals surface area (Å²) < 4.78 is 16.4. The third kappa shape index (κ3) is 3.31. The Labute approximate surface area is 151 Å². The van der Waals surface area contributed by atoms with Crippen LogP contribution < -0.4 is 14.8 Å². The zero-order chi connectivity index (χ0) is 17.9. The second-order valence-electron chi connectivity index (χ2n) is 6.46. The molecule has 2 N–H and O–H groups in total. The highest BCUT2D eigenvalue weighted by Crippen LogP contribution is 2.36. The predicted molar refractivity (Wildman–Crippen MR) is 97.0 cm³/mol. The minimum absolute atomic E-state index is 0.172. The van der Waals surface area contributed by atoms with Crippen molar-refractivity contribution in [3.8, 4) is 22.8 Å². The van der Waals surface area contributed by atoms with Crippen LogP contribution in [0, 0.1) is 0 Å². The standard InChI is InChI=1S/C19H22N4O3/c1-23(2)15(16-4-3-7-24-16)11-20-9-14-10-21-22-19(14)13-5-6-17-18(8-13)26-12-25-17/h3-8,10,15,20H,9,11-12H2,1-2H3,(H,21,22). The molecule has 0 radical (unpaired) electrons. The topological polar surface area (TPSA) is 75.6 Å². The minimum Gasteiger partial charge on any atom is -0.468 e. The number of furan rings is 1. The number of hydrogen-bond donors (Lipinski definition) is 2. The lowest BCUT2D eigenvalue weighted by Gasteiger charge is -2.22. The predicted octanol–water partition coefficient (Wildman–Crippen LogP) is 2.79. The lowest BCUT2D eigenvalue weighted by atomic mass is 10.1. The molecule has 0 saturated carbocycles. The number of aromatic amines is 1. The van der Waals surface area contributed by atoms with Gasteiger partial charge in [0.1, 0.15) is 5.76 Å². The second kappa shape index (κ2) is 7.23. The molecule has 0 aliphatic carbocycles. The minimum atomic E-state index is 0.172. The van der Waals surface area contributed by atoms with Crippen LogP contribution in [0.25, 0.3) is 11.3 Å². The van der Waals surface area contributed by atoms with Gasteiger partial charge in [-0.05, 0) is 44.4 Å². The first-order chi connectivity index (χ1) is 12.7. The van der Waals surface area contributed by atoms with E-state index in [1.165, 1.54) is 0 Å². The zero-order valence-corrected chi connectivity index (χ0v) is 14.9. The summed E-state index contributed by atoms with van der Waals surface area (Å²) in [5.41, 5.74) is 3.11. The van der Waals surface area contributed by atoms with E-state index in [-0.39, 0.29) is 12.8 Å². The maximum atomic E-state index is 5.55. The number of hydrogen-bond acceptors (Lipinski definition) is 6. The Balaban J connectivity index is 1.44. The van der Waals surface area contributed by atoms with E-state index < -0.39 is 0 Å². The van der Waals surface area contributed by atoms with Crippen molar-refractivity contribution < 1.29 is 13.9 Å². The van der Waals surface area contributed by atoms with Gasteiger partial charge < -0.3 is 19.2 Å². The van der Waals surface area contributed by atoms with Gasteiger partial charge >= 0.3 is 0 Å². The van der Waals surface area contributed by atoms with E-state index in [9.17, 15) is 0 Å². The molecule has 7 nitrogen and oxygen atoms in total. The van der Waals surface area contributed by atoms with Crippen LogP contribution in [-0.2, 0) is 6.54 Å². The molecule has 0 saturated heterocycles. The third-order valence-corrected chi connectivity index (χ3v) is 4.53. The van der Waals surface area contributed by atoms with Crippen LogP contribution in [0.3, 0.4) is 0 Å². The number of likely N-dealkylation sites (N-methyl/N-ethyl adjacent to an activating group) is 1. The molecule has 136 valence electrons. The molecule has 3 heterocycles. The van der Waals surface area contributed by atoms with Crippen LogP contribution in [0.2, 0.25) is 0 Å². The summed E-state index contributed by atoms with van der Waals surface area (Å²) >= 11 is 0. The fraction of sp³-hybridized carbons (Fsp3) is 0.316. The molecule has 4 rings (SSSR count). The number of fused-ring (bicyclic) bond motifs is 1. The van der Waals surface area contributed by atoms with Gasteiger partial charge in [-0.3, -0.25) is 10.00 Å². The molecule has 1 unspecified atom stereocenters. The molecule has 26 heavy (non-hydrogen) atoms. The number of nitrogens with one attached hydrogen (secondary N) is 2. The molecule has 3 aromatic rings. The number of H-pyrrole nitrogens is 1. The Bertz CT molecular complexity index is 858. The van der Waals surface area contributed by atoms with Crippen molar-refractivity contribution in [2.75, 3.05) is 27.4 Å². The summed E-state index contributed by atoms with van der Waals surface area (Å²) in [5.74, 6) is 2.49. The Kier molecular flexibility index (Phi) is 4.64. The highest BCUT2D eigenvalue weighted by molar-refractivity contribution is 5.66. The van der Waals surface area contributed by atoms with Gasteiger partial charge in [0.15, 0.2) is 11.5 Å². The van der Waals surface area contributed by atoms with Crippen LogP contribution >= 0.6 is 0 Å². The van der Waals surface area contributed by atoms with Crippen molar-refractivity contribution in [1.29, 1.82) is 0 Å². The first-order valence-corrected chi connectivity index (χ1v) is 8.55. The number of aromatic nitrogens is 2. The van der Waals surface area contributed by atoms with Crippen LogP contribution in [-0.4, -0.2) is 42.5 Å². The van der Waals surface area contributed by atoms with E-state index in [0.29, 0.717) is 6.54 Å². The molecule has 1 aromatic carbocycles. The number of rotatable bonds is 7. The summed E-state index contributed by atoms with van der Waals surface area (Å²) in [4.78, 5) is 2.14. The summed E-state index contributed by atoms with van der Waals surface area (Å²) in [6, 6.07) is 10.0. The third-order valence-electron chi connectivity index (χ3n) is 4.53. The van der Waals surface area contributed by atoms with Crippen molar-refractivity contribution in [3.05, 3.63) is 54.1 Å². The Morgan fingerprint density at radius 1 is 1.23 bits per heavy atom. The van der Waals surface area contributed by atoms with E-state index in [1.54, 1.807) is 6.26 Å². The first-order valence-electron chi connectivity index (χ1n) is 8.55. The molecule has 1 aliphatic heterocycles. The number of nitrogens with zero attached hydrogens (tertiary/aromatic N) is 2. The van der Waals surface area contributed by atoms with Gasteiger partial charge in [0, 0.05) is 24.2 Å². The molecule has 0 amide bonds. The van der Waals surface area contributed by atoms with E-state index in [4.69, 9.17) is 13.9 Å². The van der Waals surface area contributed by atoms with E-state index >= 15 is 0 Å². The van der Waals surface area contributed by atoms with E-state index in [1.807, 2.05) is 50.6 Å². The van der Waals surface area contributed by atoms with Crippen molar-refractivity contribution in [1.82, 2.24) is 20.4 Å². The lowest BCUT2D eigenvalue weighted by Crippen LogP contribution is -2.30. The molecule has 0 spiro atoms. The van der Waals surface area contributed by atoms with Crippen molar-refractivity contribution >= 4 is 0 Å². The quantitative estimate of drug-likeness (QED) is 0.680. The van der Waals surface area contributed by atoms with Crippen molar-refractivity contribution in [2.24, 2.45) is 0 Å². The molecule has 2 aromatic heterocycles. The molecule has 7 heteroatoms. The molecule has 1 aliphatic rings. The molecule has 1 atom stereocenters. The van der Waals surface area contributed by atoms with Gasteiger partial charge in [-0.15, -0.1) is 0 Å². The number of benzene rings is 1. The van der Waals surface area contributed by atoms with Gasteiger partial charge in [-0.25, -0.2) is 0 Å². The number of ether oxygens (including phenoxy) is 2. The van der Waals surface area contributed by atoms with Gasteiger partial charge in [-0.2, -0.15) is 5.10 Å². The van der Waals surface area contributed by atoms with Crippen LogP contribution in [0.5, 0.6) is 11.5 Å². The summed E-state index contributed by atoms with van der Waals surface area (Å²) in [6.07, 6.45) is 3.56. The van der Waals surface area contributed by atoms with Gasteiger partial charge in [0.05, 0.1) is 24.2 Å². The largest absolute Gasteiger partial charge is 0.468 e. The van der Waals surface area contributed by atoms with E-state index in [0.717, 1.165) is 40.6 Å². The van der Waals surface area contributed by atoms with Gasteiger partial charge in [0.2, 0.25) is 6.79 Å². The molecular formula is C19H22N4O3. The van der Waals surface area contributed by atoms with Crippen LogP contribution in [0.15, 0.2) is 47.2 Å². The lowest BCUT2D eigenvalue weighted by molar-refractivity contribution is 0.174. The fourth-order valence-corrected chi connectivity index (χ4v) is 3.11. The average Bonchev–Trinajstić information content (AvgIpc) is 3.38. The van der Waals surface area contributed by atoms with E-state index in [2.05, 4.69) is 20.4 Å². The molecule has 0 bridgehead atoms. The summed E-state index contributed by atoms with van der Waals surface area (Å²) in [6.45, 7) is 1.74. The Morgan fingerprint density at radius 3 is 2.92 bits per heavy atom. The smallest absolute Gasteiger partial charge is 0.231 e. The maximum absolute atomic E-state index is 5.55. The molecular weight excluding hydrogens is 332 g/mol. The Hall–Kier alpha value is -2.77. The average molecular weight is 354 g/mol. The highest BCUT2D eigenvalue weighted by atomic mass is 16.7. The highest BCUT2D eigenvalue weighted by Gasteiger charge is 2.18. The normalized spacial score (nSPS) is 14.1.